The number of rotatable bonds is 7. The van der Waals surface area contributed by atoms with Gasteiger partial charge in [-0.1, -0.05) is 18.2 Å². The summed E-state index contributed by atoms with van der Waals surface area (Å²) in [6.45, 7) is 0.143. The third-order valence-corrected chi connectivity index (χ3v) is 4.72. The van der Waals surface area contributed by atoms with E-state index in [2.05, 4.69) is 15.8 Å². The molecule has 2 amide bonds. The summed E-state index contributed by atoms with van der Waals surface area (Å²) < 4.78 is 10.6. The smallest absolute Gasteiger partial charge is 0.287 e. The van der Waals surface area contributed by atoms with Crippen LogP contribution in [-0.4, -0.2) is 29.7 Å². The summed E-state index contributed by atoms with van der Waals surface area (Å²) in [5.74, 6) is 0.0190. The average molecular weight is 458 g/mol. The summed E-state index contributed by atoms with van der Waals surface area (Å²) >= 11 is 0. The van der Waals surface area contributed by atoms with E-state index < -0.39 is 16.7 Å². The Balaban J connectivity index is 1.52. The Hall–Kier alpha value is -4.99. The van der Waals surface area contributed by atoms with Gasteiger partial charge in [0.25, 0.3) is 17.5 Å². The number of benzene rings is 3. The fraction of sp³-hybridized carbons (Fsp3) is 0.0417. The van der Waals surface area contributed by atoms with Gasteiger partial charge in [-0.3, -0.25) is 19.7 Å². The molecule has 0 aromatic heterocycles. The molecule has 0 saturated carbocycles. The molecule has 34 heavy (non-hydrogen) atoms. The summed E-state index contributed by atoms with van der Waals surface area (Å²) in [6, 6.07) is 19.1. The SMILES string of the molecule is O=C(NN=Cc1ccc2c(c1)OCO2)C(=Cc1ccc([N+](=O)[O-])cc1)NC(=O)c1ccccc1. The maximum absolute atomic E-state index is 12.8. The van der Waals surface area contributed by atoms with Crippen LogP contribution in [0.3, 0.4) is 0 Å². The highest BCUT2D eigenvalue weighted by Crippen LogP contribution is 2.31. The molecule has 0 fully saturated rings. The van der Waals surface area contributed by atoms with E-state index in [9.17, 15) is 19.7 Å². The molecule has 0 spiro atoms. The van der Waals surface area contributed by atoms with Crippen LogP contribution in [0.1, 0.15) is 21.5 Å². The number of hydrogen-bond donors (Lipinski definition) is 2. The lowest BCUT2D eigenvalue weighted by Gasteiger charge is -2.09. The van der Waals surface area contributed by atoms with Gasteiger partial charge in [-0.05, 0) is 59.7 Å². The molecule has 0 bridgehead atoms. The van der Waals surface area contributed by atoms with Crippen LogP contribution in [-0.2, 0) is 4.79 Å². The van der Waals surface area contributed by atoms with E-state index in [4.69, 9.17) is 9.47 Å². The van der Waals surface area contributed by atoms with E-state index in [1.54, 1.807) is 48.5 Å². The maximum Gasteiger partial charge on any atom is 0.287 e. The topological polar surface area (TPSA) is 132 Å². The minimum Gasteiger partial charge on any atom is -0.454 e. The summed E-state index contributed by atoms with van der Waals surface area (Å²) in [7, 11) is 0. The Morgan fingerprint density at radius 1 is 0.941 bits per heavy atom. The van der Waals surface area contributed by atoms with Crippen LogP contribution in [0.4, 0.5) is 5.69 Å². The van der Waals surface area contributed by atoms with E-state index >= 15 is 0 Å². The number of non-ortho nitro benzene ring substituents is 1. The van der Waals surface area contributed by atoms with Gasteiger partial charge in [0, 0.05) is 17.7 Å². The number of nitrogens with one attached hydrogen (secondary N) is 2. The molecule has 0 saturated heterocycles. The van der Waals surface area contributed by atoms with Crippen molar-refractivity contribution in [3.05, 3.63) is 105 Å². The zero-order chi connectivity index (χ0) is 23.9. The lowest BCUT2D eigenvalue weighted by Crippen LogP contribution is -2.32. The van der Waals surface area contributed by atoms with Crippen molar-refractivity contribution in [2.24, 2.45) is 5.10 Å². The summed E-state index contributed by atoms with van der Waals surface area (Å²) in [4.78, 5) is 35.8. The second-order valence-corrected chi connectivity index (χ2v) is 7.04. The van der Waals surface area contributed by atoms with E-state index in [-0.39, 0.29) is 18.2 Å². The van der Waals surface area contributed by atoms with Crippen LogP contribution < -0.4 is 20.2 Å². The molecule has 3 aromatic rings. The number of hydrazone groups is 1. The molecule has 3 aromatic carbocycles. The second kappa shape index (κ2) is 10.1. The number of nitro benzene ring substituents is 1. The number of fused-ring (bicyclic) bond motifs is 1. The van der Waals surface area contributed by atoms with Crippen molar-refractivity contribution < 1.29 is 24.0 Å². The Morgan fingerprint density at radius 2 is 1.65 bits per heavy atom. The normalized spacial score (nSPS) is 12.4. The Kier molecular flexibility index (Phi) is 6.59. The molecule has 1 heterocycles. The van der Waals surface area contributed by atoms with E-state index in [0.717, 1.165) is 0 Å². The Bertz CT molecular complexity index is 1290. The highest BCUT2D eigenvalue weighted by molar-refractivity contribution is 6.05. The molecule has 10 nitrogen and oxygen atoms in total. The van der Waals surface area contributed by atoms with Crippen molar-refractivity contribution in [1.82, 2.24) is 10.7 Å². The first-order valence-corrected chi connectivity index (χ1v) is 10.1. The van der Waals surface area contributed by atoms with Gasteiger partial charge in [0.1, 0.15) is 5.70 Å². The van der Waals surface area contributed by atoms with E-state index in [0.29, 0.717) is 28.2 Å². The predicted octanol–water partition coefficient (Wildman–Crippen LogP) is 3.24. The number of nitro groups is 1. The standard InChI is InChI=1S/C24H18N4O6/c29-23(18-4-2-1-3-5-18)26-20(12-16-6-9-19(10-7-16)28(31)32)24(30)27-25-14-17-8-11-21-22(13-17)34-15-33-21/h1-14H,15H2,(H,26,29)(H,27,30). The second-order valence-electron chi connectivity index (χ2n) is 7.04. The molecule has 1 aliphatic rings. The van der Waals surface area contributed by atoms with Gasteiger partial charge in [0.2, 0.25) is 6.79 Å². The first-order valence-electron chi connectivity index (χ1n) is 10.1. The van der Waals surface area contributed by atoms with Crippen LogP contribution in [0.5, 0.6) is 11.5 Å². The first-order chi connectivity index (χ1) is 16.5. The third kappa shape index (κ3) is 5.43. The summed E-state index contributed by atoms with van der Waals surface area (Å²) in [6.07, 6.45) is 2.82. The molecular weight excluding hydrogens is 440 g/mol. The van der Waals surface area contributed by atoms with Crippen LogP contribution in [0.15, 0.2) is 83.6 Å². The van der Waals surface area contributed by atoms with Crippen LogP contribution in [0, 0.1) is 10.1 Å². The molecule has 10 heteroatoms. The molecule has 0 atom stereocenters. The summed E-state index contributed by atoms with van der Waals surface area (Å²) in [5.41, 5.74) is 3.68. The van der Waals surface area contributed by atoms with Gasteiger partial charge in [-0.25, -0.2) is 5.43 Å². The van der Waals surface area contributed by atoms with E-state index in [1.807, 2.05) is 0 Å². The Labute approximate surface area is 193 Å². The fourth-order valence-corrected chi connectivity index (χ4v) is 3.02. The van der Waals surface area contributed by atoms with Gasteiger partial charge < -0.3 is 14.8 Å². The first kappa shape index (κ1) is 22.2. The zero-order valence-corrected chi connectivity index (χ0v) is 17.6. The maximum atomic E-state index is 12.8. The fourth-order valence-electron chi connectivity index (χ4n) is 3.02. The third-order valence-electron chi connectivity index (χ3n) is 4.72. The molecule has 1 aliphatic heterocycles. The lowest BCUT2D eigenvalue weighted by atomic mass is 10.1. The minimum atomic E-state index is -0.681. The van der Waals surface area contributed by atoms with Crippen molar-refractivity contribution >= 4 is 29.8 Å². The number of amides is 2. The highest BCUT2D eigenvalue weighted by atomic mass is 16.7. The van der Waals surface area contributed by atoms with Gasteiger partial charge in [-0.2, -0.15) is 5.10 Å². The molecule has 4 rings (SSSR count). The van der Waals surface area contributed by atoms with Gasteiger partial charge in [-0.15, -0.1) is 0 Å². The van der Waals surface area contributed by atoms with Crippen molar-refractivity contribution in [2.45, 2.75) is 0 Å². The number of carbonyl (C=O) groups excluding carboxylic acids is 2. The monoisotopic (exact) mass is 458 g/mol. The van der Waals surface area contributed by atoms with Crippen molar-refractivity contribution in [3.8, 4) is 11.5 Å². The number of nitrogens with zero attached hydrogens (tertiary/aromatic N) is 2. The predicted molar refractivity (Wildman–Crippen MR) is 123 cm³/mol. The molecular formula is C24H18N4O6. The molecule has 0 unspecified atom stereocenters. The van der Waals surface area contributed by atoms with Crippen LogP contribution in [0.2, 0.25) is 0 Å². The van der Waals surface area contributed by atoms with Gasteiger partial charge >= 0.3 is 0 Å². The largest absolute Gasteiger partial charge is 0.454 e. The van der Waals surface area contributed by atoms with E-state index in [1.165, 1.54) is 36.6 Å². The minimum absolute atomic E-state index is 0.0921. The molecule has 0 aliphatic carbocycles. The van der Waals surface area contributed by atoms with Crippen LogP contribution in [0.25, 0.3) is 6.08 Å². The summed E-state index contributed by atoms with van der Waals surface area (Å²) in [5, 5.41) is 17.4. The number of ether oxygens (including phenoxy) is 2. The van der Waals surface area contributed by atoms with Crippen molar-refractivity contribution in [3.63, 3.8) is 0 Å². The van der Waals surface area contributed by atoms with Gasteiger partial charge in [0.15, 0.2) is 11.5 Å². The highest BCUT2D eigenvalue weighted by Gasteiger charge is 2.15. The average Bonchev–Trinajstić information content (AvgIpc) is 3.32. The quantitative estimate of drug-likeness (QED) is 0.242. The number of hydrogen-bond acceptors (Lipinski definition) is 7. The molecule has 2 N–H and O–H groups in total. The zero-order valence-electron chi connectivity index (χ0n) is 17.6. The van der Waals surface area contributed by atoms with Crippen LogP contribution >= 0.6 is 0 Å². The Morgan fingerprint density at radius 3 is 2.38 bits per heavy atom. The van der Waals surface area contributed by atoms with Gasteiger partial charge in [0.05, 0.1) is 11.1 Å². The molecule has 170 valence electrons. The van der Waals surface area contributed by atoms with Crippen molar-refractivity contribution in [2.75, 3.05) is 6.79 Å². The lowest BCUT2D eigenvalue weighted by molar-refractivity contribution is -0.384. The van der Waals surface area contributed by atoms with Crippen molar-refractivity contribution in [1.29, 1.82) is 0 Å². The number of carbonyl (C=O) groups is 2. The molecule has 0 radical (unpaired) electrons.